The van der Waals surface area contributed by atoms with Gasteiger partial charge in [0.2, 0.25) is 11.9 Å². The minimum Gasteiger partial charge on any atom is -0.409 e. The van der Waals surface area contributed by atoms with Gasteiger partial charge in [-0.1, -0.05) is 34.6 Å². The van der Waals surface area contributed by atoms with Gasteiger partial charge in [0, 0.05) is 19.9 Å². The summed E-state index contributed by atoms with van der Waals surface area (Å²) < 4.78 is 22.9. The molecule has 1 amide bonds. The quantitative estimate of drug-likeness (QED) is 0.581. The summed E-state index contributed by atoms with van der Waals surface area (Å²) in [5.41, 5.74) is -0.0822. The van der Waals surface area contributed by atoms with Gasteiger partial charge in [-0.3, -0.25) is 19.9 Å². The first-order chi connectivity index (χ1) is 14.8. The summed E-state index contributed by atoms with van der Waals surface area (Å²) in [5, 5.41) is 12.6. The molecule has 1 aliphatic heterocycles. The van der Waals surface area contributed by atoms with Gasteiger partial charge in [0.15, 0.2) is 20.2 Å². The van der Waals surface area contributed by atoms with Crippen LogP contribution in [0, 0.1) is 5.92 Å². The van der Waals surface area contributed by atoms with Crippen LogP contribution in [0.15, 0.2) is 17.1 Å². The third-order valence-electron chi connectivity index (χ3n) is 6.04. The number of ether oxygens (including phenoxy) is 1. The summed E-state index contributed by atoms with van der Waals surface area (Å²) >= 11 is 0. The van der Waals surface area contributed by atoms with Gasteiger partial charge in [-0.25, -0.2) is 0 Å². The van der Waals surface area contributed by atoms with Crippen LogP contribution < -0.4 is 10.9 Å². The van der Waals surface area contributed by atoms with Crippen molar-refractivity contribution in [3.8, 4) is 0 Å². The van der Waals surface area contributed by atoms with E-state index in [1.165, 1.54) is 0 Å². The highest BCUT2D eigenvalue weighted by Gasteiger charge is 2.45. The minimum atomic E-state index is -2.27. The number of hydrogen-bond donors (Lipinski definition) is 3. The fourth-order valence-electron chi connectivity index (χ4n) is 3.12. The molecule has 3 heterocycles. The predicted octanol–water partition coefficient (Wildman–Crippen LogP) is 2.99. The molecule has 2 aromatic heterocycles. The van der Waals surface area contributed by atoms with E-state index in [1.54, 1.807) is 30.7 Å². The Kier molecular flexibility index (Phi) is 6.08. The number of aliphatic hydroxyl groups is 1. The Morgan fingerprint density at radius 1 is 1.52 bits per heavy atom. The number of aromatic amines is 1. The Morgan fingerprint density at radius 3 is 2.77 bits per heavy atom. The van der Waals surface area contributed by atoms with Crippen LogP contribution in [0.1, 0.15) is 48.6 Å². The molecule has 0 bridgehead atoms. The van der Waals surface area contributed by atoms with Crippen molar-refractivity contribution in [2.45, 2.75) is 77.6 Å². The molecule has 2 aromatic rings. The lowest BCUT2D eigenvalue weighted by atomic mass is 10.2. The molecule has 172 valence electrons. The molecule has 9 nitrogen and oxygen atoms in total. The largest absolute Gasteiger partial charge is 0.409 e. The molecule has 1 unspecified atom stereocenters. The van der Waals surface area contributed by atoms with Gasteiger partial charge < -0.3 is 18.8 Å². The van der Waals surface area contributed by atoms with Gasteiger partial charge in [-0.05, 0) is 24.2 Å². The van der Waals surface area contributed by atoms with E-state index in [9.17, 15) is 14.7 Å². The predicted molar refractivity (Wildman–Crippen MR) is 122 cm³/mol. The molecule has 0 aromatic carbocycles. The second kappa shape index (κ2) is 8.49. The highest BCUT2D eigenvalue weighted by molar-refractivity contribution is 6.74. The maximum atomic E-state index is 12.6. The maximum Gasteiger partial charge on any atom is 0.261 e. The van der Waals surface area contributed by atoms with Gasteiger partial charge >= 0.3 is 0 Å². The molecule has 3 rings (SSSR count). The van der Waals surface area contributed by atoms with E-state index in [2.05, 4.69) is 49.1 Å². The number of anilines is 1. The number of H-pyrrole nitrogens is 1. The SMILES string of the molecule is [2H]C1[C@@H](CO)O[C@@H](n2ccc3c(=O)[nH]c(NC(=O)C(C)C)nc32)[C@H]1O[Si](C)(C)C(C)(C)C. The summed E-state index contributed by atoms with van der Waals surface area (Å²) in [6, 6.07) is 1.62. The summed E-state index contributed by atoms with van der Waals surface area (Å²) in [6.07, 6.45) is -1.27. The number of carbonyl (C=O) groups is 1. The number of hydrogen-bond acceptors (Lipinski definition) is 6. The number of fused-ring (bicyclic) bond motifs is 1. The van der Waals surface area contributed by atoms with Crippen molar-refractivity contribution in [3.63, 3.8) is 0 Å². The maximum absolute atomic E-state index is 12.6. The van der Waals surface area contributed by atoms with Crippen molar-refractivity contribution in [2.75, 3.05) is 11.9 Å². The van der Waals surface area contributed by atoms with E-state index < -0.39 is 38.7 Å². The van der Waals surface area contributed by atoms with Crippen molar-refractivity contribution in [2.24, 2.45) is 5.92 Å². The first-order valence-electron chi connectivity index (χ1n) is 11.1. The van der Waals surface area contributed by atoms with Crippen LogP contribution in [-0.2, 0) is 14.0 Å². The number of rotatable bonds is 6. The fourth-order valence-corrected chi connectivity index (χ4v) is 4.35. The minimum absolute atomic E-state index is 0.0437. The molecule has 0 saturated carbocycles. The average molecular weight is 452 g/mol. The number of aromatic nitrogens is 3. The highest BCUT2D eigenvalue weighted by Crippen LogP contribution is 2.42. The van der Waals surface area contributed by atoms with Gasteiger partial charge in [0.1, 0.15) is 0 Å². The number of carbonyl (C=O) groups excluding carboxylic acids is 1. The van der Waals surface area contributed by atoms with Crippen LogP contribution in [-0.4, -0.2) is 52.7 Å². The summed E-state index contributed by atoms with van der Waals surface area (Å²) in [5.74, 6) is -0.506. The number of nitrogens with zero attached hydrogens (tertiary/aromatic N) is 2. The number of nitrogens with one attached hydrogen (secondary N) is 2. The molecule has 1 saturated heterocycles. The molecule has 0 aliphatic carbocycles. The molecule has 31 heavy (non-hydrogen) atoms. The topological polar surface area (TPSA) is 118 Å². The van der Waals surface area contributed by atoms with Crippen LogP contribution in [0.25, 0.3) is 11.0 Å². The van der Waals surface area contributed by atoms with Crippen molar-refractivity contribution in [1.82, 2.24) is 14.5 Å². The third kappa shape index (κ3) is 4.76. The molecule has 1 fully saturated rings. The Bertz CT molecular complexity index is 1040. The van der Waals surface area contributed by atoms with Crippen LogP contribution in [0.5, 0.6) is 0 Å². The zero-order chi connectivity index (χ0) is 24.0. The van der Waals surface area contributed by atoms with Crippen LogP contribution in [0.4, 0.5) is 5.95 Å². The normalized spacial score (nSPS) is 25.3. The van der Waals surface area contributed by atoms with E-state index in [0.717, 1.165) is 0 Å². The first kappa shape index (κ1) is 22.2. The number of amides is 1. The molecule has 4 atom stereocenters. The summed E-state index contributed by atoms with van der Waals surface area (Å²) in [7, 11) is -2.27. The van der Waals surface area contributed by atoms with E-state index in [4.69, 9.17) is 10.5 Å². The fraction of sp³-hybridized carbons (Fsp3) is 0.667. The van der Waals surface area contributed by atoms with Crippen molar-refractivity contribution in [1.29, 1.82) is 0 Å². The Morgan fingerprint density at radius 2 is 2.19 bits per heavy atom. The molecule has 1 aliphatic rings. The Hall–Kier alpha value is -2.01. The highest BCUT2D eigenvalue weighted by atomic mass is 28.4. The van der Waals surface area contributed by atoms with E-state index >= 15 is 0 Å². The average Bonchev–Trinajstić information content (AvgIpc) is 3.22. The van der Waals surface area contributed by atoms with E-state index in [-0.39, 0.29) is 29.4 Å². The molecule has 0 spiro atoms. The summed E-state index contributed by atoms with van der Waals surface area (Å²) in [6.45, 7) is 13.7. The Labute approximate surface area is 184 Å². The third-order valence-corrected chi connectivity index (χ3v) is 10.5. The first-order valence-corrected chi connectivity index (χ1v) is 13.5. The Balaban J connectivity index is 2.05. The van der Waals surface area contributed by atoms with E-state index in [1.807, 2.05) is 0 Å². The zero-order valence-electron chi connectivity index (χ0n) is 20.2. The molecule has 3 N–H and O–H groups in total. The lowest BCUT2D eigenvalue weighted by Gasteiger charge is -2.39. The van der Waals surface area contributed by atoms with Crippen molar-refractivity contribution in [3.05, 3.63) is 22.6 Å². The molecule has 10 heteroatoms. The van der Waals surface area contributed by atoms with Crippen molar-refractivity contribution < 1.29 is 20.4 Å². The van der Waals surface area contributed by atoms with Crippen molar-refractivity contribution >= 4 is 31.2 Å². The van der Waals surface area contributed by atoms with Crippen LogP contribution in [0.3, 0.4) is 0 Å². The van der Waals surface area contributed by atoms with Gasteiger partial charge in [0.05, 0.1) is 24.2 Å². The van der Waals surface area contributed by atoms with Crippen LogP contribution in [0.2, 0.25) is 18.1 Å². The lowest BCUT2D eigenvalue weighted by molar-refractivity contribution is -0.118. The second-order valence-corrected chi connectivity index (χ2v) is 14.6. The second-order valence-electron chi connectivity index (χ2n) is 9.80. The number of aliphatic hydroxyl groups excluding tert-OH is 1. The van der Waals surface area contributed by atoms with Gasteiger partial charge in [-0.15, -0.1) is 0 Å². The summed E-state index contributed by atoms with van der Waals surface area (Å²) in [4.78, 5) is 31.7. The van der Waals surface area contributed by atoms with E-state index in [0.29, 0.717) is 11.0 Å². The van der Waals surface area contributed by atoms with Crippen LogP contribution >= 0.6 is 0 Å². The molecular formula is C21H34N4O5Si. The molecule has 0 radical (unpaired) electrons. The van der Waals surface area contributed by atoms with Gasteiger partial charge in [-0.2, -0.15) is 4.98 Å². The standard InChI is InChI=1S/C21H34N4O5Si/c1-12(2)17(27)23-20-22-16-14(18(28)24-20)8-9-25(16)19-15(10-13(11-26)29-19)30-31(6,7)21(3,4)5/h8-9,12-13,15,19,26H,10-11H2,1-7H3,(H2,22,23,24,27,28)/t13-,15-,19+/m0/s1/i10D/t10?,13-,15-,19+. The monoisotopic (exact) mass is 451 g/mol. The lowest BCUT2D eigenvalue weighted by Crippen LogP contribution is -2.45. The molecular weight excluding hydrogens is 416 g/mol. The smallest absolute Gasteiger partial charge is 0.261 e. The zero-order valence-corrected chi connectivity index (χ0v) is 20.2. The van der Waals surface area contributed by atoms with Gasteiger partial charge in [0.25, 0.3) is 5.56 Å².